The van der Waals surface area contributed by atoms with Crippen LogP contribution < -0.4 is 0 Å². The third-order valence-corrected chi connectivity index (χ3v) is 2.34. The van der Waals surface area contributed by atoms with E-state index in [1.807, 2.05) is 0 Å². The lowest BCUT2D eigenvalue weighted by molar-refractivity contribution is 0.100. The maximum absolute atomic E-state index is 11.4. The fraction of sp³-hybridized carbons (Fsp3) is 0.364. The van der Waals surface area contributed by atoms with Gasteiger partial charge in [0.05, 0.1) is 5.56 Å². The highest BCUT2D eigenvalue weighted by atomic mass is 16.3. The number of azide groups is 1. The molecule has 0 aromatic heterocycles. The standard InChI is InChI=1S/C11H12N4O2/c1-2-3-4-8-5-6-10(14-17)9(7-8)11(16)13-15-12/h5-7H,2-4H2,1H3. The molecule has 0 aliphatic heterocycles. The average molecular weight is 232 g/mol. The smallest absolute Gasteiger partial charge is 0.251 e. The van der Waals surface area contributed by atoms with Gasteiger partial charge in [-0.05, 0) is 46.4 Å². The first-order valence-corrected chi connectivity index (χ1v) is 5.28. The van der Waals surface area contributed by atoms with E-state index in [0.29, 0.717) is 0 Å². The van der Waals surface area contributed by atoms with Crippen molar-refractivity contribution in [2.45, 2.75) is 26.2 Å². The summed E-state index contributed by atoms with van der Waals surface area (Å²) in [6.07, 6.45) is 2.84. The van der Waals surface area contributed by atoms with Crippen LogP contribution >= 0.6 is 0 Å². The van der Waals surface area contributed by atoms with Gasteiger partial charge in [0.25, 0.3) is 5.91 Å². The van der Waals surface area contributed by atoms with Gasteiger partial charge in [0.2, 0.25) is 0 Å². The number of benzene rings is 1. The van der Waals surface area contributed by atoms with E-state index in [9.17, 15) is 9.70 Å². The minimum atomic E-state index is -0.777. The van der Waals surface area contributed by atoms with Gasteiger partial charge in [-0.25, -0.2) is 0 Å². The van der Waals surface area contributed by atoms with Crippen LogP contribution in [0.5, 0.6) is 0 Å². The topological polar surface area (TPSA) is 95.3 Å². The number of rotatable bonds is 5. The molecule has 1 rings (SSSR count). The first-order chi connectivity index (χ1) is 8.22. The van der Waals surface area contributed by atoms with Crippen LogP contribution in [0.1, 0.15) is 35.7 Å². The number of amides is 1. The third-order valence-electron chi connectivity index (χ3n) is 2.34. The minimum absolute atomic E-state index is 0.00245. The fourth-order valence-corrected chi connectivity index (χ4v) is 1.46. The molecule has 1 aromatic carbocycles. The SMILES string of the molecule is CCCCc1ccc(N=O)c(C(=O)N=[N+]=[N-])c1. The van der Waals surface area contributed by atoms with E-state index in [2.05, 4.69) is 22.1 Å². The quantitative estimate of drug-likeness (QED) is 0.333. The molecule has 17 heavy (non-hydrogen) atoms. The molecule has 0 aliphatic rings. The summed E-state index contributed by atoms with van der Waals surface area (Å²) < 4.78 is 0. The zero-order chi connectivity index (χ0) is 12.7. The Hall–Kier alpha value is -2.20. The summed E-state index contributed by atoms with van der Waals surface area (Å²) >= 11 is 0. The molecule has 0 fully saturated rings. The van der Waals surface area contributed by atoms with Crippen molar-refractivity contribution in [2.75, 3.05) is 0 Å². The van der Waals surface area contributed by atoms with Crippen LogP contribution in [-0.2, 0) is 6.42 Å². The predicted octanol–water partition coefficient (Wildman–Crippen LogP) is 3.88. The molecule has 0 heterocycles. The van der Waals surface area contributed by atoms with Gasteiger partial charge in [0.1, 0.15) is 5.69 Å². The van der Waals surface area contributed by atoms with E-state index in [1.165, 1.54) is 6.07 Å². The summed E-state index contributed by atoms with van der Waals surface area (Å²) in [5.74, 6) is -0.777. The van der Waals surface area contributed by atoms with Crippen LogP contribution in [0.25, 0.3) is 10.4 Å². The average Bonchev–Trinajstić information content (AvgIpc) is 2.36. The van der Waals surface area contributed by atoms with Gasteiger partial charge in [0.15, 0.2) is 0 Å². The molecular formula is C11H12N4O2. The van der Waals surface area contributed by atoms with Gasteiger partial charge in [-0.1, -0.05) is 19.4 Å². The zero-order valence-electron chi connectivity index (χ0n) is 9.46. The fourth-order valence-electron chi connectivity index (χ4n) is 1.46. The Bertz CT molecular complexity index is 478. The molecule has 6 nitrogen and oxygen atoms in total. The number of carbonyl (C=O) groups is 1. The molecule has 1 aromatic rings. The molecule has 0 atom stereocenters. The lowest BCUT2D eigenvalue weighted by atomic mass is 10.0. The summed E-state index contributed by atoms with van der Waals surface area (Å²) in [7, 11) is 0. The second-order valence-electron chi connectivity index (χ2n) is 3.54. The maximum Gasteiger partial charge on any atom is 0.251 e. The Balaban J connectivity index is 3.10. The Labute approximate surface area is 98.2 Å². The molecule has 1 amide bonds. The van der Waals surface area contributed by atoms with Crippen molar-refractivity contribution in [2.24, 2.45) is 10.3 Å². The van der Waals surface area contributed by atoms with Crippen molar-refractivity contribution < 1.29 is 4.79 Å². The van der Waals surface area contributed by atoms with Crippen molar-refractivity contribution >= 4 is 11.6 Å². The largest absolute Gasteiger partial charge is 0.287 e. The van der Waals surface area contributed by atoms with E-state index in [-0.39, 0.29) is 11.3 Å². The van der Waals surface area contributed by atoms with Crippen molar-refractivity contribution in [1.29, 1.82) is 0 Å². The zero-order valence-corrected chi connectivity index (χ0v) is 9.46. The van der Waals surface area contributed by atoms with Crippen molar-refractivity contribution in [3.05, 3.63) is 44.7 Å². The number of aryl methyl sites for hydroxylation is 1. The molecule has 0 aliphatic carbocycles. The summed E-state index contributed by atoms with van der Waals surface area (Å²) in [5.41, 5.74) is 9.19. The Morgan fingerprint density at radius 2 is 2.24 bits per heavy atom. The maximum atomic E-state index is 11.4. The van der Waals surface area contributed by atoms with Gasteiger partial charge in [-0.2, -0.15) is 0 Å². The molecule has 0 saturated carbocycles. The number of unbranched alkanes of at least 4 members (excludes halogenated alkanes) is 1. The number of nitrogens with zero attached hydrogens (tertiary/aromatic N) is 4. The first kappa shape index (κ1) is 12.9. The van der Waals surface area contributed by atoms with Gasteiger partial charge in [-0.3, -0.25) is 4.79 Å². The van der Waals surface area contributed by atoms with Gasteiger partial charge < -0.3 is 0 Å². The second-order valence-corrected chi connectivity index (χ2v) is 3.54. The van der Waals surface area contributed by atoms with Crippen LogP contribution in [0.3, 0.4) is 0 Å². The minimum Gasteiger partial charge on any atom is -0.287 e. The van der Waals surface area contributed by atoms with Gasteiger partial charge in [0, 0.05) is 4.91 Å². The summed E-state index contributed by atoms with van der Waals surface area (Å²) in [6.45, 7) is 2.06. The van der Waals surface area contributed by atoms with E-state index in [4.69, 9.17) is 5.53 Å². The third kappa shape index (κ3) is 3.39. The Morgan fingerprint density at radius 3 is 2.82 bits per heavy atom. The van der Waals surface area contributed by atoms with Crippen molar-refractivity contribution in [1.82, 2.24) is 0 Å². The van der Waals surface area contributed by atoms with E-state index in [1.54, 1.807) is 12.1 Å². The van der Waals surface area contributed by atoms with Gasteiger partial charge >= 0.3 is 0 Å². The number of nitroso groups, excluding NO2 is 1. The Morgan fingerprint density at radius 1 is 1.47 bits per heavy atom. The second kappa shape index (κ2) is 6.40. The van der Waals surface area contributed by atoms with Crippen molar-refractivity contribution in [3.63, 3.8) is 0 Å². The molecule has 6 heteroatoms. The highest BCUT2D eigenvalue weighted by molar-refractivity contribution is 5.99. The summed E-state index contributed by atoms with van der Waals surface area (Å²) in [6, 6.07) is 4.78. The molecule has 0 N–H and O–H groups in total. The molecule has 88 valence electrons. The van der Waals surface area contributed by atoms with Crippen LogP contribution in [0.2, 0.25) is 0 Å². The van der Waals surface area contributed by atoms with E-state index < -0.39 is 5.91 Å². The van der Waals surface area contributed by atoms with Crippen LogP contribution in [0, 0.1) is 4.91 Å². The van der Waals surface area contributed by atoms with Crippen molar-refractivity contribution in [3.8, 4) is 0 Å². The first-order valence-electron chi connectivity index (χ1n) is 5.28. The highest BCUT2D eigenvalue weighted by Gasteiger charge is 2.11. The molecule has 0 radical (unpaired) electrons. The normalized spacial score (nSPS) is 9.47. The summed E-state index contributed by atoms with van der Waals surface area (Å²) in [5, 5.41) is 5.71. The number of carbonyl (C=O) groups excluding carboxylic acids is 1. The summed E-state index contributed by atoms with van der Waals surface area (Å²) in [4.78, 5) is 24.4. The highest BCUT2D eigenvalue weighted by Crippen LogP contribution is 2.22. The van der Waals surface area contributed by atoms with Gasteiger partial charge in [-0.15, -0.1) is 4.91 Å². The molecular weight excluding hydrogens is 220 g/mol. The van der Waals surface area contributed by atoms with E-state index >= 15 is 0 Å². The number of hydrogen-bond donors (Lipinski definition) is 0. The molecule has 0 saturated heterocycles. The molecule has 0 unspecified atom stereocenters. The predicted molar refractivity (Wildman–Crippen MR) is 64.0 cm³/mol. The van der Waals surface area contributed by atoms with E-state index in [0.717, 1.165) is 24.8 Å². The van der Waals surface area contributed by atoms with Crippen LogP contribution in [-0.4, -0.2) is 5.91 Å². The lowest BCUT2D eigenvalue weighted by Crippen LogP contribution is -1.96. The lowest BCUT2D eigenvalue weighted by Gasteiger charge is -2.03. The molecule has 0 spiro atoms. The Kier molecular flexibility index (Phi) is 4.84. The van der Waals surface area contributed by atoms with Crippen LogP contribution in [0.15, 0.2) is 28.5 Å². The van der Waals surface area contributed by atoms with Crippen LogP contribution in [0.4, 0.5) is 5.69 Å². The molecule has 0 bridgehead atoms. The number of hydrogen-bond acceptors (Lipinski definition) is 3. The monoisotopic (exact) mass is 232 g/mol.